The van der Waals surface area contributed by atoms with Crippen molar-refractivity contribution >= 4 is 27.5 Å². The van der Waals surface area contributed by atoms with E-state index in [9.17, 15) is 9.59 Å². The molecule has 3 aromatic rings. The fourth-order valence-electron chi connectivity index (χ4n) is 3.35. The third-order valence-corrected chi connectivity index (χ3v) is 5.87. The molecule has 0 aliphatic carbocycles. The van der Waals surface area contributed by atoms with E-state index in [2.05, 4.69) is 38.1 Å². The van der Waals surface area contributed by atoms with Gasteiger partial charge >= 0.3 is 0 Å². The molecule has 0 atom stereocenters. The van der Waals surface area contributed by atoms with Crippen molar-refractivity contribution in [2.75, 3.05) is 13.7 Å². The lowest BCUT2D eigenvalue weighted by atomic mass is 9.99. The lowest BCUT2D eigenvalue weighted by Crippen LogP contribution is -2.26. The molecule has 0 radical (unpaired) electrons. The van der Waals surface area contributed by atoms with Gasteiger partial charge in [-0.2, -0.15) is 0 Å². The Bertz CT molecular complexity index is 1050. The van der Waals surface area contributed by atoms with Gasteiger partial charge in [-0.15, -0.1) is 11.3 Å². The molecule has 0 unspecified atom stereocenters. The molecule has 1 aromatic carbocycles. The maximum absolute atomic E-state index is 13.4. The van der Waals surface area contributed by atoms with Crippen LogP contribution in [0.4, 0.5) is 0 Å². The largest absolute Gasteiger partial charge is 0.384 e. The number of primary amides is 1. The molecule has 1 amide bonds. The number of aromatic nitrogens is 2. The number of thiophene rings is 1. The Hall–Kier alpha value is -2.51. The summed E-state index contributed by atoms with van der Waals surface area (Å²) in [5, 5.41) is 2.63. The second kappa shape index (κ2) is 9.33. The molecule has 0 aliphatic heterocycles. The average Bonchev–Trinajstić information content (AvgIpc) is 3.12. The molecule has 0 spiro atoms. The molecule has 7 heteroatoms. The Morgan fingerprint density at radius 1 is 1.28 bits per heavy atom. The number of fused-ring (bicyclic) bond motifs is 1. The summed E-state index contributed by atoms with van der Waals surface area (Å²) < 4.78 is 6.84. The minimum Gasteiger partial charge on any atom is -0.384 e. The van der Waals surface area contributed by atoms with Crippen molar-refractivity contribution < 1.29 is 9.53 Å². The summed E-state index contributed by atoms with van der Waals surface area (Å²) in [6, 6.07) is 8.34. The molecular weight excluding hydrogens is 386 g/mol. The summed E-state index contributed by atoms with van der Waals surface area (Å²) in [4.78, 5) is 30.0. The topological polar surface area (TPSA) is 87.2 Å². The van der Waals surface area contributed by atoms with Gasteiger partial charge in [0, 0.05) is 37.4 Å². The van der Waals surface area contributed by atoms with Gasteiger partial charge in [-0.3, -0.25) is 14.2 Å². The van der Waals surface area contributed by atoms with Gasteiger partial charge in [0.25, 0.3) is 5.56 Å². The predicted octanol–water partition coefficient (Wildman–Crippen LogP) is 3.70. The van der Waals surface area contributed by atoms with Gasteiger partial charge in [0.15, 0.2) is 0 Å². The molecule has 0 bridgehead atoms. The fraction of sp³-hybridized carbons (Fsp3) is 0.409. The molecule has 154 valence electrons. The fourth-order valence-corrected chi connectivity index (χ4v) is 4.31. The van der Waals surface area contributed by atoms with Gasteiger partial charge in [-0.1, -0.05) is 38.1 Å². The van der Waals surface area contributed by atoms with E-state index in [1.165, 1.54) is 16.9 Å². The van der Waals surface area contributed by atoms with Crippen LogP contribution in [-0.4, -0.2) is 29.2 Å². The van der Waals surface area contributed by atoms with Crippen LogP contribution in [0.2, 0.25) is 0 Å². The third-order valence-electron chi connectivity index (χ3n) is 5.00. The molecule has 29 heavy (non-hydrogen) atoms. The third kappa shape index (κ3) is 4.74. The SMILES string of the molecule is COCCc1nc2scc(-c3ccc(C(C)C)cc3)c2c(=O)n1CCCC(N)=O. The Kier molecular flexibility index (Phi) is 6.82. The average molecular weight is 414 g/mol. The number of benzene rings is 1. The van der Waals surface area contributed by atoms with Gasteiger partial charge < -0.3 is 10.5 Å². The van der Waals surface area contributed by atoms with Crippen LogP contribution < -0.4 is 11.3 Å². The first kappa shape index (κ1) is 21.2. The molecule has 0 fully saturated rings. The van der Waals surface area contributed by atoms with Crippen molar-refractivity contribution in [2.24, 2.45) is 5.73 Å². The molecule has 3 rings (SSSR count). The zero-order chi connectivity index (χ0) is 21.0. The minimum atomic E-state index is -0.369. The highest BCUT2D eigenvalue weighted by Gasteiger charge is 2.17. The van der Waals surface area contributed by atoms with Gasteiger partial charge in [0.1, 0.15) is 10.7 Å². The van der Waals surface area contributed by atoms with E-state index in [0.717, 1.165) is 16.0 Å². The lowest BCUT2D eigenvalue weighted by Gasteiger charge is -2.12. The Morgan fingerprint density at radius 3 is 2.62 bits per heavy atom. The summed E-state index contributed by atoms with van der Waals surface area (Å²) >= 11 is 1.48. The van der Waals surface area contributed by atoms with Gasteiger partial charge in [0.05, 0.1) is 12.0 Å². The summed E-state index contributed by atoms with van der Waals surface area (Å²) in [5.74, 6) is 0.764. The first-order valence-corrected chi connectivity index (χ1v) is 10.7. The number of rotatable bonds is 9. The highest BCUT2D eigenvalue weighted by atomic mass is 32.1. The van der Waals surface area contributed by atoms with Crippen molar-refractivity contribution in [2.45, 2.75) is 45.6 Å². The maximum Gasteiger partial charge on any atom is 0.262 e. The van der Waals surface area contributed by atoms with Crippen LogP contribution >= 0.6 is 11.3 Å². The number of nitrogens with two attached hydrogens (primary N) is 1. The van der Waals surface area contributed by atoms with Gasteiger partial charge in [-0.25, -0.2) is 4.98 Å². The molecule has 0 aliphatic rings. The van der Waals surface area contributed by atoms with Crippen LogP contribution in [0.15, 0.2) is 34.4 Å². The summed E-state index contributed by atoms with van der Waals surface area (Å²) in [7, 11) is 1.62. The second-order valence-corrected chi connectivity index (χ2v) is 8.26. The normalized spacial score (nSPS) is 11.4. The van der Waals surface area contributed by atoms with E-state index in [-0.39, 0.29) is 17.9 Å². The minimum absolute atomic E-state index is 0.0743. The van der Waals surface area contributed by atoms with Crippen LogP contribution in [0.25, 0.3) is 21.3 Å². The van der Waals surface area contributed by atoms with Crippen LogP contribution in [0.5, 0.6) is 0 Å². The first-order valence-electron chi connectivity index (χ1n) is 9.80. The van der Waals surface area contributed by atoms with Crippen molar-refractivity contribution in [3.63, 3.8) is 0 Å². The number of carbonyl (C=O) groups excluding carboxylic acids is 1. The van der Waals surface area contributed by atoms with E-state index in [4.69, 9.17) is 15.5 Å². The number of ether oxygens (including phenoxy) is 1. The summed E-state index contributed by atoms with van der Waals surface area (Å²) in [5.41, 5.74) is 8.36. The zero-order valence-electron chi connectivity index (χ0n) is 17.1. The molecule has 2 aromatic heterocycles. The van der Waals surface area contributed by atoms with Crippen LogP contribution in [0.3, 0.4) is 0 Å². The van der Waals surface area contributed by atoms with Crippen LogP contribution in [0.1, 0.15) is 44.0 Å². The van der Waals surface area contributed by atoms with Crippen molar-refractivity contribution in [3.05, 3.63) is 51.4 Å². The summed E-state index contributed by atoms with van der Waals surface area (Å²) in [6.45, 7) is 5.20. The smallest absolute Gasteiger partial charge is 0.262 e. The summed E-state index contributed by atoms with van der Waals surface area (Å²) in [6.07, 6.45) is 1.28. The molecular formula is C22H27N3O3S. The molecule has 0 saturated heterocycles. The molecule has 6 nitrogen and oxygen atoms in total. The monoisotopic (exact) mass is 413 g/mol. The van der Waals surface area contributed by atoms with E-state index in [1.807, 2.05) is 5.38 Å². The Labute approximate surface area is 174 Å². The number of methoxy groups -OCH3 is 1. The molecule has 2 N–H and O–H groups in total. The van der Waals surface area contributed by atoms with Crippen molar-refractivity contribution in [3.8, 4) is 11.1 Å². The maximum atomic E-state index is 13.4. The Balaban J connectivity index is 2.07. The van der Waals surface area contributed by atoms with E-state index in [0.29, 0.717) is 43.1 Å². The van der Waals surface area contributed by atoms with E-state index in [1.54, 1.807) is 11.7 Å². The lowest BCUT2D eigenvalue weighted by molar-refractivity contribution is -0.118. The number of carbonyl (C=O) groups is 1. The number of hydrogen-bond acceptors (Lipinski definition) is 5. The van der Waals surface area contributed by atoms with Crippen LogP contribution in [0, 0.1) is 0 Å². The number of hydrogen-bond donors (Lipinski definition) is 1. The van der Waals surface area contributed by atoms with Gasteiger partial charge in [0.2, 0.25) is 5.91 Å². The Morgan fingerprint density at radius 2 is 2.00 bits per heavy atom. The highest BCUT2D eigenvalue weighted by Crippen LogP contribution is 2.32. The van der Waals surface area contributed by atoms with Crippen molar-refractivity contribution in [1.29, 1.82) is 0 Å². The number of amides is 1. The quantitative estimate of drug-likeness (QED) is 0.579. The second-order valence-electron chi connectivity index (χ2n) is 7.40. The predicted molar refractivity (Wildman–Crippen MR) is 117 cm³/mol. The van der Waals surface area contributed by atoms with Gasteiger partial charge in [-0.05, 0) is 23.5 Å². The molecule has 0 saturated carbocycles. The highest BCUT2D eigenvalue weighted by molar-refractivity contribution is 7.17. The van der Waals surface area contributed by atoms with Crippen LogP contribution in [-0.2, 0) is 22.5 Å². The number of nitrogens with zero attached hydrogens (tertiary/aromatic N) is 2. The standard InChI is InChI=1S/C22H27N3O3S/c1-14(2)15-6-8-16(9-7-15)17-13-29-21-20(17)22(27)25(11-4-5-18(23)26)19(24-21)10-12-28-3/h6-9,13-14H,4-5,10-12H2,1-3H3,(H2,23,26). The van der Waals surface area contributed by atoms with E-state index < -0.39 is 0 Å². The first-order chi connectivity index (χ1) is 13.9. The zero-order valence-corrected chi connectivity index (χ0v) is 17.9. The van der Waals surface area contributed by atoms with E-state index >= 15 is 0 Å². The molecule has 2 heterocycles. The van der Waals surface area contributed by atoms with Crippen molar-refractivity contribution in [1.82, 2.24) is 9.55 Å².